The molecule has 29 heavy (non-hydrogen) atoms. The van der Waals surface area contributed by atoms with Crippen molar-refractivity contribution in [3.8, 4) is 11.5 Å². The van der Waals surface area contributed by atoms with Gasteiger partial charge < -0.3 is 19.7 Å². The number of benzene rings is 2. The van der Waals surface area contributed by atoms with Crippen LogP contribution in [0.2, 0.25) is 0 Å². The average molecular weight is 392 g/mol. The van der Waals surface area contributed by atoms with E-state index >= 15 is 0 Å². The molecule has 4 rings (SSSR count). The van der Waals surface area contributed by atoms with Crippen LogP contribution in [0, 0.1) is 0 Å². The smallest absolute Gasteiger partial charge is 0.274 e. The molecule has 3 aromatic rings. The Labute approximate surface area is 169 Å². The van der Waals surface area contributed by atoms with Crippen molar-refractivity contribution in [3.05, 3.63) is 53.7 Å². The Bertz CT molecular complexity index is 1030. The standard InChI is InChI=1S/C22H24N4O3/c1-28-16-9-10-19(29-2)15(13-16)14-23-22(27)20-21(26-11-5-6-12-26)25-18-8-4-3-7-17(18)24-20/h3-4,7-10,13H,5-6,11-12,14H2,1-2H3,(H,23,27). The first-order valence-electron chi connectivity index (χ1n) is 9.70. The van der Waals surface area contributed by atoms with Crippen LogP contribution in [0.5, 0.6) is 11.5 Å². The highest BCUT2D eigenvalue weighted by atomic mass is 16.5. The molecule has 1 amide bonds. The highest BCUT2D eigenvalue weighted by molar-refractivity contribution is 5.99. The van der Waals surface area contributed by atoms with E-state index in [1.807, 2.05) is 42.5 Å². The number of fused-ring (bicyclic) bond motifs is 1. The van der Waals surface area contributed by atoms with Crippen LogP contribution in [0.25, 0.3) is 11.0 Å². The molecule has 1 aromatic heterocycles. The van der Waals surface area contributed by atoms with E-state index in [1.165, 1.54) is 0 Å². The van der Waals surface area contributed by atoms with Crippen LogP contribution in [-0.4, -0.2) is 43.2 Å². The predicted octanol–water partition coefficient (Wildman–Crippen LogP) is 3.18. The second kappa shape index (κ2) is 8.34. The SMILES string of the molecule is COc1ccc(OC)c(CNC(=O)c2nc3ccccc3nc2N2CCCC2)c1. The fraction of sp³-hybridized carbons (Fsp3) is 0.318. The zero-order chi connectivity index (χ0) is 20.2. The fourth-order valence-corrected chi connectivity index (χ4v) is 3.57. The maximum atomic E-state index is 13.1. The second-order valence-electron chi connectivity index (χ2n) is 6.94. The van der Waals surface area contributed by atoms with Crippen molar-refractivity contribution in [1.29, 1.82) is 0 Å². The molecule has 0 aliphatic carbocycles. The minimum atomic E-state index is -0.255. The largest absolute Gasteiger partial charge is 0.497 e. The molecule has 2 aromatic carbocycles. The van der Waals surface area contributed by atoms with Crippen molar-refractivity contribution in [2.24, 2.45) is 0 Å². The van der Waals surface area contributed by atoms with Crippen LogP contribution in [0.3, 0.4) is 0 Å². The van der Waals surface area contributed by atoms with E-state index in [0.29, 0.717) is 35.1 Å². The number of nitrogens with zero attached hydrogens (tertiary/aromatic N) is 3. The first-order valence-corrected chi connectivity index (χ1v) is 9.70. The molecule has 0 unspecified atom stereocenters. The molecule has 0 bridgehead atoms. The van der Waals surface area contributed by atoms with E-state index in [4.69, 9.17) is 14.5 Å². The van der Waals surface area contributed by atoms with Gasteiger partial charge in [0.1, 0.15) is 11.5 Å². The number of ether oxygens (including phenoxy) is 2. The normalized spacial score (nSPS) is 13.5. The lowest BCUT2D eigenvalue weighted by Gasteiger charge is -2.20. The Morgan fingerprint density at radius 1 is 1.03 bits per heavy atom. The molecule has 0 radical (unpaired) electrons. The Morgan fingerprint density at radius 3 is 2.45 bits per heavy atom. The van der Waals surface area contributed by atoms with Crippen molar-refractivity contribution in [3.63, 3.8) is 0 Å². The molecule has 7 nitrogen and oxygen atoms in total. The zero-order valence-corrected chi connectivity index (χ0v) is 16.6. The summed E-state index contributed by atoms with van der Waals surface area (Å²) in [5.74, 6) is 1.79. The first-order chi connectivity index (χ1) is 14.2. The fourth-order valence-electron chi connectivity index (χ4n) is 3.57. The summed E-state index contributed by atoms with van der Waals surface area (Å²) < 4.78 is 10.7. The van der Waals surface area contributed by atoms with Gasteiger partial charge in [0.2, 0.25) is 0 Å². The minimum Gasteiger partial charge on any atom is -0.497 e. The molecule has 150 valence electrons. The Balaban J connectivity index is 1.63. The Morgan fingerprint density at radius 2 is 1.76 bits per heavy atom. The molecule has 0 saturated carbocycles. The van der Waals surface area contributed by atoms with E-state index in [9.17, 15) is 4.79 Å². The van der Waals surface area contributed by atoms with Crippen LogP contribution in [0.15, 0.2) is 42.5 Å². The minimum absolute atomic E-state index is 0.255. The van der Waals surface area contributed by atoms with Gasteiger partial charge in [0.15, 0.2) is 11.5 Å². The molecule has 1 saturated heterocycles. The molecule has 1 fully saturated rings. The maximum Gasteiger partial charge on any atom is 0.274 e. The van der Waals surface area contributed by atoms with E-state index in [2.05, 4.69) is 15.2 Å². The van der Waals surface area contributed by atoms with E-state index in [-0.39, 0.29) is 5.91 Å². The average Bonchev–Trinajstić information content (AvgIpc) is 3.31. The van der Waals surface area contributed by atoms with Gasteiger partial charge in [-0.25, -0.2) is 9.97 Å². The van der Waals surface area contributed by atoms with Crippen LogP contribution in [0.1, 0.15) is 28.9 Å². The number of nitrogens with one attached hydrogen (secondary N) is 1. The number of carbonyl (C=O) groups is 1. The maximum absolute atomic E-state index is 13.1. The van der Waals surface area contributed by atoms with Crippen LogP contribution < -0.4 is 19.7 Å². The number of anilines is 1. The van der Waals surface area contributed by atoms with Gasteiger partial charge in [-0.2, -0.15) is 0 Å². The summed E-state index contributed by atoms with van der Waals surface area (Å²) in [7, 11) is 3.21. The highest BCUT2D eigenvalue weighted by Crippen LogP contribution is 2.26. The number of rotatable bonds is 6. The summed E-state index contributed by atoms with van der Waals surface area (Å²) in [5.41, 5.74) is 2.68. The number of aromatic nitrogens is 2. The highest BCUT2D eigenvalue weighted by Gasteiger charge is 2.23. The molecular formula is C22H24N4O3. The quantitative estimate of drug-likeness (QED) is 0.694. The second-order valence-corrected chi connectivity index (χ2v) is 6.94. The van der Waals surface area contributed by atoms with Crippen molar-refractivity contribution >= 4 is 22.8 Å². The summed E-state index contributed by atoms with van der Waals surface area (Å²) in [6.07, 6.45) is 2.19. The number of methoxy groups -OCH3 is 2. The zero-order valence-electron chi connectivity index (χ0n) is 16.6. The van der Waals surface area contributed by atoms with Crippen molar-refractivity contribution in [2.45, 2.75) is 19.4 Å². The lowest BCUT2D eigenvalue weighted by atomic mass is 10.2. The Hall–Kier alpha value is -3.35. The number of para-hydroxylation sites is 2. The lowest BCUT2D eigenvalue weighted by Crippen LogP contribution is -2.29. The number of amides is 1. The van der Waals surface area contributed by atoms with E-state index in [0.717, 1.165) is 37.0 Å². The summed E-state index contributed by atoms with van der Waals surface area (Å²) in [4.78, 5) is 24.6. The Kier molecular flexibility index (Phi) is 5.46. The van der Waals surface area contributed by atoms with Crippen molar-refractivity contribution < 1.29 is 14.3 Å². The summed E-state index contributed by atoms with van der Waals surface area (Å²) >= 11 is 0. The predicted molar refractivity (Wildman–Crippen MR) is 112 cm³/mol. The van der Waals surface area contributed by atoms with E-state index < -0.39 is 0 Å². The molecule has 1 aliphatic heterocycles. The third kappa shape index (κ3) is 3.94. The molecule has 0 atom stereocenters. The third-order valence-electron chi connectivity index (χ3n) is 5.10. The van der Waals surface area contributed by atoms with Gasteiger partial charge in [-0.1, -0.05) is 12.1 Å². The molecule has 0 spiro atoms. The van der Waals surface area contributed by atoms with Crippen LogP contribution in [0.4, 0.5) is 5.82 Å². The van der Waals surface area contributed by atoms with Gasteiger partial charge in [0, 0.05) is 25.2 Å². The van der Waals surface area contributed by atoms with E-state index in [1.54, 1.807) is 14.2 Å². The number of hydrogen-bond acceptors (Lipinski definition) is 6. The summed E-state index contributed by atoms with van der Waals surface area (Å²) in [6, 6.07) is 13.1. The summed E-state index contributed by atoms with van der Waals surface area (Å²) in [6.45, 7) is 2.07. The number of hydrogen-bond donors (Lipinski definition) is 1. The van der Waals surface area contributed by atoms with Crippen molar-refractivity contribution in [1.82, 2.24) is 15.3 Å². The monoisotopic (exact) mass is 392 g/mol. The first kappa shape index (κ1) is 19.0. The van der Waals surface area contributed by atoms with Gasteiger partial charge >= 0.3 is 0 Å². The van der Waals surface area contributed by atoms with Gasteiger partial charge in [-0.05, 0) is 43.2 Å². The van der Waals surface area contributed by atoms with Crippen LogP contribution >= 0.6 is 0 Å². The third-order valence-corrected chi connectivity index (χ3v) is 5.10. The topological polar surface area (TPSA) is 76.6 Å². The summed E-state index contributed by atoms with van der Waals surface area (Å²) in [5, 5.41) is 2.97. The van der Waals surface area contributed by atoms with Gasteiger partial charge in [0.25, 0.3) is 5.91 Å². The molecular weight excluding hydrogens is 368 g/mol. The number of carbonyl (C=O) groups excluding carboxylic acids is 1. The molecule has 2 heterocycles. The molecule has 1 aliphatic rings. The van der Waals surface area contributed by atoms with Crippen LogP contribution in [-0.2, 0) is 6.54 Å². The van der Waals surface area contributed by atoms with Gasteiger partial charge in [0.05, 0.1) is 25.3 Å². The molecule has 1 N–H and O–H groups in total. The van der Waals surface area contributed by atoms with Gasteiger partial charge in [-0.3, -0.25) is 4.79 Å². The van der Waals surface area contributed by atoms with Gasteiger partial charge in [-0.15, -0.1) is 0 Å². The lowest BCUT2D eigenvalue weighted by molar-refractivity contribution is 0.0946. The molecule has 7 heteroatoms. The van der Waals surface area contributed by atoms with Crippen molar-refractivity contribution in [2.75, 3.05) is 32.2 Å².